The van der Waals surface area contributed by atoms with Crippen LogP contribution < -0.4 is 5.48 Å². The van der Waals surface area contributed by atoms with Crippen molar-refractivity contribution >= 4 is 39.4 Å². The minimum Gasteiger partial charge on any atom is -0.289 e. The molecule has 1 atom stereocenters. The lowest BCUT2D eigenvalue weighted by molar-refractivity contribution is -0.133. The highest BCUT2D eigenvalue weighted by Gasteiger charge is 2.42. The molecule has 0 spiro atoms. The van der Waals surface area contributed by atoms with E-state index in [1.54, 1.807) is 18.5 Å². The van der Waals surface area contributed by atoms with Crippen LogP contribution in [0.25, 0.3) is 23.3 Å². The number of sulfonamides is 1. The molecule has 0 aliphatic carbocycles. The summed E-state index contributed by atoms with van der Waals surface area (Å²) in [6.07, 6.45) is 4.12. The Morgan fingerprint density at radius 2 is 1.81 bits per heavy atom. The molecular weight excluding hydrogens is 432 g/mol. The summed E-state index contributed by atoms with van der Waals surface area (Å²) in [5.74, 6) is -0.722. The lowest BCUT2D eigenvalue weighted by Crippen LogP contribution is -2.45. The molecule has 2 N–H and O–H groups in total. The fourth-order valence-electron chi connectivity index (χ4n) is 3.66. The van der Waals surface area contributed by atoms with Crippen molar-refractivity contribution in [3.8, 4) is 11.1 Å². The lowest BCUT2D eigenvalue weighted by atomic mass is 10.0. The van der Waals surface area contributed by atoms with Gasteiger partial charge in [-0.1, -0.05) is 67.6 Å². The smallest absolute Gasteiger partial charge is 0.261 e. The summed E-state index contributed by atoms with van der Waals surface area (Å²) >= 11 is 1.39. The Balaban J connectivity index is 1.51. The highest BCUT2D eigenvalue weighted by atomic mass is 32.2. The Bertz CT molecular complexity index is 1220. The number of carbonyl (C=O) groups is 1. The number of nitrogens with one attached hydrogen (secondary N) is 1. The lowest BCUT2D eigenvalue weighted by Gasteiger charge is -2.23. The quantitative estimate of drug-likeness (QED) is 0.428. The van der Waals surface area contributed by atoms with Crippen molar-refractivity contribution in [2.24, 2.45) is 0 Å². The summed E-state index contributed by atoms with van der Waals surface area (Å²) in [6.45, 7) is 1.84. The van der Waals surface area contributed by atoms with Gasteiger partial charge in [-0.3, -0.25) is 10.0 Å². The molecule has 4 rings (SSSR count). The molecule has 0 radical (unpaired) electrons. The average Bonchev–Trinajstić information content (AvgIpc) is 3.31. The molecule has 0 saturated heterocycles. The first-order chi connectivity index (χ1) is 14.9. The fraction of sp³-hybridized carbons (Fsp3) is 0.174. The molecule has 0 fully saturated rings. The summed E-state index contributed by atoms with van der Waals surface area (Å²) in [4.78, 5) is 13.6. The predicted molar refractivity (Wildman–Crippen MR) is 122 cm³/mol. The molecular formula is C23H22N2O4S2. The van der Waals surface area contributed by atoms with E-state index in [1.807, 2.05) is 42.5 Å². The van der Waals surface area contributed by atoms with E-state index in [2.05, 4.69) is 24.3 Å². The molecule has 6 nitrogen and oxygen atoms in total. The van der Waals surface area contributed by atoms with Crippen molar-refractivity contribution in [3.05, 3.63) is 76.0 Å². The number of hydroxylamine groups is 1. The Morgan fingerprint density at radius 1 is 1.13 bits per heavy atom. The van der Waals surface area contributed by atoms with E-state index in [0.717, 1.165) is 25.9 Å². The van der Waals surface area contributed by atoms with E-state index in [-0.39, 0.29) is 17.9 Å². The van der Waals surface area contributed by atoms with Crippen molar-refractivity contribution < 1.29 is 18.4 Å². The molecule has 1 amide bonds. The normalized spacial score (nSPS) is 16.3. The zero-order chi connectivity index (χ0) is 22.0. The Morgan fingerprint density at radius 3 is 2.42 bits per heavy atom. The van der Waals surface area contributed by atoms with Crippen LogP contribution in [-0.2, 0) is 21.4 Å². The second kappa shape index (κ2) is 8.76. The second-order valence-electron chi connectivity index (χ2n) is 7.21. The van der Waals surface area contributed by atoms with Crippen LogP contribution in [0.1, 0.15) is 28.7 Å². The van der Waals surface area contributed by atoms with E-state index < -0.39 is 22.0 Å². The van der Waals surface area contributed by atoms with Crippen LogP contribution in [0.3, 0.4) is 0 Å². The minimum atomic E-state index is -3.77. The summed E-state index contributed by atoms with van der Waals surface area (Å²) in [5.41, 5.74) is 4.87. The Hall–Kier alpha value is -2.78. The standard InChI is InChI=1S/C23H22N2O4S2/c1-2-20(23(26)24-27)25-15-21-22(31(25,28)29)14-19(30-21)13-10-16-8-11-18(12-9-16)17-6-4-3-5-7-17/h3-14,20,27H,2,15H2,1H3,(H,24,26). The molecule has 160 valence electrons. The predicted octanol–water partition coefficient (Wildman–Crippen LogP) is 4.37. The molecule has 0 bridgehead atoms. The molecule has 1 aromatic heterocycles. The van der Waals surface area contributed by atoms with Crippen molar-refractivity contribution in [1.82, 2.24) is 9.79 Å². The minimum absolute atomic E-state index is 0.133. The zero-order valence-corrected chi connectivity index (χ0v) is 18.5. The summed E-state index contributed by atoms with van der Waals surface area (Å²) in [6, 6.07) is 19.0. The van der Waals surface area contributed by atoms with Crippen molar-refractivity contribution in [2.45, 2.75) is 30.8 Å². The van der Waals surface area contributed by atoms with Crippen LogP contribution in [0.5, 0.6) is 0 Å². The van der Waals surface area contributed by atoms with E-state index in [1.165, 1.54) is 11.3 Å². The molecule has 3 aromatic rings. The number of hydrogen-bond acceptors (Lipinski definition) is 5. The SMILES string of the molecule is CCC(C(=O)NO)N1Cc2sc(C=Cc3ccc(-c4ccccc4)cc3)cc2S1(=O)=O. The third-order valence-electron chi connectivity index (χ3n) is 5.28. The highest BCUT2D eigenvalue weighted by Crippen LogP contribution is 2.39. The van der Waals surface area contributed by atoms with Crippen LogP contribution in [0, 0.1) is 0 Å². The molecule has 1 aliphatic rings. The van der Waals surface area contributed by atoms with Crippen LogP contribution in [-0.4, -0.2) is 29.9 Å². The number of amides is 1. The Labute approximate surface area is 185 Å². The van der Waals surface area contributed by atoms with Crippen LogP contribution >= 0.6 is 11.3 Å². The molecule has 8 heteroatoms. The average molecular weight is 455 g/mol. The van der Waals surface area contributed by atoms with E-state index >= 15 is 0 Å². The largest absolute Gasteiger partial charge is 0.289 e. The number of carbonyl (C=O) groups excluding carboxylic acids is 1. The van der Waals surface area contributed by atoms with Gasteiger partial charge in [0, 0.05) is 9.75 Å². The first-order valence-corrected chi connectivity index (χ1v) is 12.1. The van der Waals surface area contributed by atoms with Crippen molar-refractivity contribution in [1.29, 1.82) is 0 Å². The summed E-state index contributed by atoms with van der Waals surface area (Å²) < 4.78 is 27.0. The Kier molecular flexibility index (Phi) is 6.06. The van der Waals surface area contributed by atoms with Crippen molar-refractivity contribution in [2.75, 3.05) is 0 Å². The number of rotatable bonds is 6. The molecule has 0 saturated carbocycles. The van der Waals surface area contributed by atoms with E-state index in [0.29, 0.717) is 4.88 Å². The topological polar surface area (TPSA) is 86.7 Å². The van der Waals surface area contributed by atoms with Crippen LogP contribution in [0.4, 0.5) is 0 Å². The van der Waals surface area contributed by atoms with Gasteiger partial charge in [0.25, 0.3) is 5.91 Å². The molecule has 2 heterocycles. The van der Waals surface area contributed by atoms with Gasteiger partial charge >= 0.3 is 0 Å². The number of thiophene rings is 1. The first kappa shape index (κ1) is 21.5. The van der Waals surface area contributed by atoms with Gasteiger partial charge in [0.2, 0.25) is 10.0 Å². The van der Waals surface area contributed by atoms with Gasteiger partial charge in [-0.25, -0.2) is 13.9 Å². The maximum atomic E-state index is 12.9. The highest BCUT2D eigenvalue weighted by molar-refractivity contribution is 7.89. The van der Waals surface area contributed by atoms with E-state index in [9.17, 15) is 13.2 Å². The van der Waals surface area contributed by atoms with Crippen LogP contribution in [0.2, 0.25) is 0 Å². The van der Waals surface area contributed by atoms with Crippen molar-refractivity contribution in [3.63, 3.8) is 0 Å². The molecule has 31 heavy (non-hydrogen) atoms. The summed E-state index contributed by atoms with van der Waals surface area (Å²) in [7, 11) is -3.77. The van der Waals surface area contributed by atoms with Gasteiger partial charge in [-0.05, 0) is 35.3 Å². The summed E-state index contributed by atoms with van der Waals surface area (Å²) in [5, 5.41) is 8.91. The monoisotopic (exact) mass is 454 g/mol. The molecule has 2 aromatic carbocycles. The number of nitrogens with zero attached hydrogens (tertiary/aromatic N) is 1. The maximum absolute atomic E-state index is 12.9. The van der Waals surface area contributed by atoms with Gasteiger partial charge in [0.15, 0.2) is 0 Å². The molecule has 1 aliphatic heterocycles. The maximum Gasteiger partial charge on any atom is 0.261 e. The van der Waals surface area contributed by atoms with Gasteiger partial charge in [-0.2, -0.15) is 4.31 Å². The van der Waals surface area contributed by atoms with Crippen LogP contribution in [0.15, 0.2) is 65.6 Å². The third-order valence-corrected chi connectivity index (χ3v) is 8.42. The first-order valence-electron chi connectivity index (χ1n) is 9.86. The molecule has 1 unspecified atom stereocenters. The van der Waals surface area contributed by atoms with Gasteiger partial charge in [-0.15, -0.1) is 11.3 Å². The van der Waals surface area contributed by atoms with E-state index in [4.69, 9.17) is 5.21 Å². The van der Waals surface area contributed by atoms with Gasteiger partial charge < -0.3 is 0 Å². The van der Waals surface area contributed by atoms with Gasteiger partial charge in [0.05, 0.1) is 11.4 Å². The number of benzene rings is 2. The zero-order valence-electron chi connectivity index (χ0n) is 16.9. The third kappa shape index (κ3) is 4.20. The second-order valence-corrected chi connectivity index (χ2v) is 10.2. The fourth-order valence-corrected chi connectivity index (χ4v) is 6.98. The number of hydrogen-bond donors (Lipinski definition) is 2. The number of fused-ring (bicyclic) bond motifs is 1. The van der Waals surface area contributed by atoms with Gasteiger partial charge in [0.1, 0.15) is 6.04 Å².